The number of rotatable bonds is 4. The minimum absolute atomic E-state index is 0.0998. The van der Waals surface area contributed by atoms with Crippen molar-refractivity contribution in [2.24, 2.45) is 5.92 Å². The van der Waals surface area contributed by atoms with Gasteiger partial charge in [0.25, 0.3) is 0 Å². The lowest BCUT2D eigenvalue weighted by atomic mass is 9.85. The van der Waals surface area contributed by atoms with Crippen molar-refractivity contribution >= 4 is 11.6 Å². The lowest BCUT2D eigenvalue weighted by Crippen LogP contribution is -2.19. The second-order valence-electron chi connectivity index (χ2n) is 5.28. The zero-order valence-corrected chi connectivity index (χ0v) is 11.8. The van der Waals surface area contributed by atoms with Crippen molar-refractivity contribution < 1.29 is 0 Å². The van der Waals surface area contributed by atoms with E-state index in [1.54, 1.807) is 0 Å². The van der Waals surface area contributed by atoms with Crippen LogP contribution in [0.25, 0.3) is 0 Å². The molecule has 0 spiro atoms. The first-order valence-corrected chi connectivity index (χ1v) is 7.12. The maximum absolute atomic E-state index is 6.44. The van der Waals surface area contributed by atoms with Crippen LogP contribution >= 0.6 is 11.6 Å². The molecular weight excluding hydrogens is 254 g/mol. The maximum atomic E-state index is 6.44. The van der Waals surface area contributed by atoms with Gasteiger partial charge in [0.05, 0.1) is 0 Å². The monoisotopic (exact) mass is 271 g/mol. The molecule has 2 heteroatoms. The van der Waals surface area contributed by atoms with Gasteiger partial charge in [0.1, 0.15) is 0 Å². The summed E-state index contributed by atoms with van der Waals surface area (Å²) in [5.74, 6) is 0.625. The molecule has 0 radical (unpaired) electrons. The molecule has 2 atom stereocenters. The van der Waals surface area contributed by atoms with Crippen LogP contribution in [0.15, 0.2) is 54.6 Å². The van der Waals surface area contributed by atoms with Gasteiger partial charge in [-0.25, -0.2) is 0 Å². The highest BCUT2D eigenvalue weighted by atomic mass is 35.5. The summed E-state index contributed by atoms with van der Waals surface area (Å²) in [5, 5.41) is 4.18. The lowest BCUT2D eigenvalue weighted by Gasteiger charge is -2.20. The summed E-state index contributed by atoms with van der Waals surface area (Å²) in [6.45, 7) is 1.03. The Balaban J connectivity index is 2.08. The Morgan fingerprint density at radius 3 is 2.47 bits per heavy atom. The Morgan fingerprint density at radius 2 is 1.79 bits per heavy atom. The summed E-state index contributed by atoms with van der Waals surface area (Å²) in [7, 11) is 2.01. The topological polar surface area (TPSA) is 12.0 Å². The Labute approximate surface area is 119 Å². The number of hydrogen-bond acceptors (Lipinski definition) is 1. The van der Waals surface area contributed by atoms with Gasteiger partial charge in [-0.2, -0.15) is 0 Å². The first-order chi connectivity index (χ1) is 9.29. The minimum atomic E-state index is 0.0998. The van der Waals surface area contributed by atoms with Gasteiger partial charge in [0.15, 0.2) is 0 Å². The molecule has 98 valence electrons. The molecule has 2 unspecified atom stereocenters. The van der Waals surface area contributed by atoms with Crippen molar-refractivity contribution in [2.75, 3.05) is 13.6 Å². The molecule has 0 aliphatic heterocycles. The molecule has 1 aliphatic rings. The normalized spacial score (nSPS) is 25.3. The fourth-order valence-electron chi connectivity index (χ4n) is 3.22. The molecular formula is C17H18ClN. The number of hydrogen-bond donors (Lipinski definition) is 1. The van der Waals surface area contributed by atoms with E-state index >= 15 is 0 Å². The highest BCUT2D eigenvalue weighted by Gasteiger charge is 2.56. The van der Waals surface area contributed by atoms with E-state index in [2.05, 4.69) is 47.8 Å². The zero-order valence-electron chi connectivity index (χ0n) is 11.1. The molecule has 0 aromatic heterocycles. The van der Waals surface area contributed by atoms with Crippen molar-refractivity contribution in [3.8, 4) is 0 Å². The fraction of sp³-hybridized carbons (Fsp3) is 0.294. The summed E-state index contributed by atoms with van der Waals surface area (Å²) >= 11 is 6.44. The largest absolute Gasteiger partial charge is 0.319 e. The maximum Gasteiger partial charge on any atom is 0.0447 e. The molecule has 2 aromatic carbocycles. The van der Waals surface area contributed by atoms with Crippen LogP contribution in [0.3, 0.4) is 0 Å². The summed E-state index contributed by atoms with van der Waals surface area (Å²) < 4.78 is 0. The standard InChI is InChI=1S/C17H18ClN/c1-19-12-14-11-17(14,13-7-3-2-4-8-13)15-9-5-6-10-16(15)18/h2-10,14,19H,11-12H2,1H3. The number of benzene rings is 2. The summed E-state index contributed by atoms with van der Waals surface area (Å²) in [6.07, 6.45) is 1.17. The lowest BCUT2D eigenvalue weighted by molar-refractivity contribution is 0.641. The molecule has 0 saturated heterocycles. The van der Waals surface area contributed by atoms with Crippen LogP contribution in [0.5, 0.6) is 0 Å². The number of nitrogens with one attached hydrogen (secondary N) is 1. The van der Waals surface area contributed by atoms with Gasteiger partial charge in [0, 0.05) is 10.4 Å². The van der Waals surface area contributed by atoms with Crippen LogP contribution in [-0.2, 0) is 5.41 Å². The average Bonchev–Trinajstić information content (AvgIpc) is 3.16. The third kappa shape index (κ3) is 2.07. The van der Waals surface area contributed by atoms with Crippen LogP contribution in [-0.4, -0.2) is 13.6 Å². The van der Waals surface area contributed by atoms with E-state index in [1.165, 1.54) is 17.5 Å². The average molecular weight is 272 g/mol. The molecule has 0 heterocycles. The van der Waals surface area contributed by atoms with E-state index < -0.39 is 0 Å². The van der Waals surface area contributed by atoms with Gasteiger partial charge in [-0.3, -0.25) is 0 Å². The van der Waals surface area contributed by atoms with E-state index in [0.717, 1.165) is 11.6 Å². The second kappa shape index (κ2) is 4.99. The minimum Gasteiger partial charge on any atom is -0.319 e. The first-order valence-electron chi connectivity index (χ1n) is 6.74. The van der Waals surface area contributed by atoms with E-state index in [1.807, 2.05) is 19.2 Å². The van der Waals surface area contributed by atoms with E-state index in [0.29, 0.717) is 5.92 Å². The quantitative estimate of drug-likeness (QED) is 0.890. The second-order valence-corrected chi connectivity index (χ2v) is 5.68. The molecule has 19 heavy (non-hydrogen) atoms. The predicted octanol–water partition coefficient (Wildman–Crippen LogP) is 3.87. The van der Waals surface area contributed by atoms with Crippen molar-refractivity contribution in [3.05, 3.63) is 70.7 Å². The van der Waals surface area contributed by atoms with Gasteiger partial charge in [0.2, 0.25) is 0 Å². The third-order valence-corrected chi connectivity index (χ3v) is 4.53. The molecule has 0 bridgehead atoms. The Hall–Kier alpha value is -1.31. The van der Waals surface area contributed by atoms with Gasteiger partial charge < -0.3 is 5.32 Å². The van der Waals surface area contributed by atoms with Crippen LogP contribution in [0, 0.1) is 5.92 Å². The van der Waals surface area contributed by atoms with Crippen molar-refractivity contribution in [1.82, 2.24) is 5.32 Å². The fourth-order valence-corrected chi connectivity index (χ4v) is 3.52. The molecule has 3 rings (SSSR count). The Kier molecular flexibility index (Phi) is 3.34. The third-order valence-electron chi connectivity index (χ3n) is 4.20. The van der Waals surface area contributed by atoms with Crippen molar-refractivity contribution in [2.45, 2.75) is 11.8 Å². The molecule has 2 aromatic rings. The first kappa shape index (κ1) is 12.7. The number of halogens is 1. The van der Waals surface area contributed by atoms with Crippen LogP contribution in [0.4, 0.5) is 0 Å². The van der Waals surface area contributed by atoms with Crippen molar-refractivity contribution in [1.29, 1.82) is 0 Å². The van der Waals surface area contributed by atoms with Gasteiger partial charge >= 0.3 is 0 Å². The van der Waals surface area contributed by atoms with Crippen molar-refractivity contribution in [3.63, 3.8) is 0 Å². The van der Waals surface area contributed by atoms with Crippen LogP contribution in [0.1, 0.15) is 17.5 Å². The highest BCUT2D eigenvalue weighted by Crippen LogP contribution is 2.59. The predicted molar refractivity (Wildman–Crippen MR) is 80.7 cm³/mol. The molecule has 1 N–H and O–H groups in total. The van der Waals surface area contributed by atoms with E-state index in [9.17, 15) is 0 Å². The van der Waals surface area contributed by atoms with Gasteiger partial charge in [-0.15, -0.1) is 0 Å². The molecule has 1 nitrogen and oxygen atoms in total. The Morgan fingerprint density at radius 1 is 1.11 bits per heavy atom. The molecule has 1 aliphatic carbocycles. The van der Waals surface area contributed by atoms with Gasteiger partial charge in [-0.1, -0.05) is 60.1 Å². The molecule has 0 amide bonds. The van der Waals surface area contributed by atoms with E-state index in [4.69, 9.17) is 11.6 Å². The van der Waals surface area contributed by atoms with Crippen LogP contribution < -0.4 is 5.32 Å². The summed E-state index contributed by atoms with van der Waals surface area (Å²) in [5.41, 5.74) is 2.74. The zero-order chi connectivity index (χ0) is 13.3. The summed E-state index contributed by atoms with van der Waals surface area (Å²) in [4.78, 5) is 0. The summed E-state index contributed by atoms with van der Waals surface area (Å²) in [6, 6.07) is 19.0. The van der Waals surface area contributed by atoms with E-state index in [-0.39, 0.29) is 5.41 Å². The van der Waals surface area contributed by atoms with Gasteiger partial charge in [-0.05, 0) is 43.1 Å². The molecule has 1 fully saturated rings. The highest BCUT2D eigenvalue weighted by molar-refractivity contribution is 6.31. The molecule has 1 saturated carbocycles. The Bertz CT molecular complexity index is 566. The smallest absolute Gasteiger partial charge is 0.0447 e. The van der Waals surface area contributed by atoms with Crippen LogP contribution in [0.2, 0.25) is 5.02 Å². The SMILES string of the molecule is CNCC1CC1(c1ccccc1)c1ccccc1Cl.